The van der Waals surface area contributed by atoms with Crippen LogP contribution in [0.4, 0.5) is 0 Å². The van der Waals surface area contributed by atoms with Crippen LogP contribution in [-0.4, -0.2) is 17.3 Å². The maximum atomic E-state index is 5.33. The third-order valence-electron chi connectivity index (χ3n) is 1.17. The molecule has 0 radical (unpaired) electrons. The van der Waals surface area contributed by atoms with Crippen molar-refractivity contribution >= 4 is 11.8 Å². The lowest BCUT2D eigenvalue weighted by Gasteiger charge is -1.91. The summed E-state index contributed by atoms with van der Waals surface area (Å²) in [5.41, 5.74) is 6.26. The van der Waals surface area contributed by atoms with Crippen LogP contribution in [0.5, 0.6) is 0 Å². The van der Waals surface area contributed by atoms with Crippen LogP contribution >= 0.6 is 11.8 Å². The van der Waals surface area contributed by atoms with E-state index in [1.165, 1.54) is 0 Å². The van der Waals surface area contributed by atoms with Crippen LogP contribution in [0.1, 0.15) is 12.1 Å². The Bertz CT molecular complexity index is 212. The number of rotatable bonds is 4. The minimum atomic E-state index is 0.729. The number of oxazole rings is 1. The molecule has 0 fully saturated rings. The largest absolute Gasteiger partial charge is 0.440 e. The second-order valence-corrected chi connectivity index (χ2v) is 3.29. The molecule has 0 aliphatic heterocycles. The van der Waals surface area contributed by atoms with Gasteiger partial charge in [-0.25, -0.2) is 4.98 Å². The van der Waals surface area contributed by atoms with E-state index in [1.807, 2.05) is 6.92 Å². The van der Waals surface area contributed by atoms with Crippen molar-refractivity contribution in [2.45, 2.75) is 18.6 Å². The number of nitrogens with zero attached hydrogens (tertiary/aromatic N) is 1. The molecular weight excluding hydrogens is 160 g/mol. The van der Waals surface area contributed by atoms with Gasteiger partial charge in [-0.05, 0) is 19.9 Å². The number of thioether (sulfide) groups is 1. The first-order valence-electron chi connectivity index (χ1n) is 3.58. The molecule has 1 aromatic rings. The quantitative estimate of drug-likeness (QED) is 0.551. The SMILES string of the molecule is Cc1coc(SCCCN)n1. The summed E-state index contributed by atoms with van der Waals surface area (Å²) in [6.07, 6.45) is 2.66. The van der Waals surface area contributed by atoms with Crippen molar-refractivity contribution in [3.05, 3.63) is 12.0 Å². The Kier molecular flexibility index (Phi) is 3.45. The summed E-state index contributed by atoms with van der Waals surface area (Å²) in [6.45, 7) is 2.64. The summed E-state index contributed by atoms with van der Waals surface area (Å²) < 4.78 is 5.12. The van der Waals surface area contributed by atoms with Crippen LogP contribution in [0.3, 0.4) is 0 Å². The van der Waals surface area contributed by atoms with Gasteiger partial charge in [0.05, 0.1) is 5.69 Å². The molecule has 0 amide bonds. The molecule has 0 atom stereocenters. The Labute approximate surface area is 70.4 Å². The van der Waals surface area contributed by atoms with E-state index in [0.717, 1.165) is 29.6 Å². The molecule has 11 heavy (non-hydrogen) atoms. The van der Waals surface area contributed by atoms with Gasteiger partial charge in [-0.3, -0.25) is 0 Å². The van der Waals surface area contributed by atoms with Crippen LogP contribution in [0.15, 0.2) is 15.9 Å². The first-order valence-corrected chi connectivity index (χ1v) is 4.56. The third-order valence-corrected chi connectivity index (χ3v) is 2.10. The minimum Gasteiger partial charge on any atom is -0.440 e. The summed E-state index contributed by atoms with van der Waals surface area (Å²) in [5.74, 6) is 0.983. The van der Waals surface area contributed by atoms with Crippen molar-refractivity contribution in [1.29, 1.82) is 0 Å². The summed E-state index contributed by atoms with van der Waals surface area (Å²) in [7, 11) is 0. The van der Waals surface area contributed by atoms with E-state index < -0.39 is 0 Å². The predicted molar refractivity (Wildman–Crippen MR) is 45.6 cm³/mol. The molecule has 0 aliphatic rings. The van der Waals surface area contributed by atoms with Gasteiger partial charge in [0.2, 0.25) is 0 Å². The van der Waals surface area contributed by atoms with E-state index in [4.69, 9.17) is 10.2 Å². The van der Waals surface area contributed by atoms with E-state index in [0.29, 0.717) is 0 Å². The Morgan fingerprint density at radius 1 is 1.73 bits per heavy atom. The van der Waals surface area contributed by atoms with Gasteiger partial charge < -0.3 is 10.2 Å². The van der Waals surface area contributed by atoms with Gasteiger partial charge in [-0.1, -0.05) is 11.8 Å². The number of aromatic nitrogens is 1. The Balaban J connectivity index is 2.27. The highest BCUT2D eigenvalue weighted by Gasteiger charge is 1.99. The maximum Gasteiger partial charge on any atom is 0.255 e. The fraction of sp³-hybridized carbons (Fsp3) is 0.571. The molecule has 62 valence electrons. The Morgan fingerprint density at radius 3 is 3.09 bits per heavy atom. The summed E-state index contributed by atoms with van der Waals surface area (Å²) in [5, 5.41) is 0.746. The molecule has 1 aromatic heterocycles. The maximum absolute atomic E-state index is 5.33. The molecule has 2 N–H and O–H groups in total. The molecule has 1 rings (SSSR count). The molecular formula is C7H12N2OS. The highest BCUT2D eigenvalue weighted by Crippen LogP contribution is 2.16. The topological polar surface area (TPSA) is 52.0 Å². The van der Waals surface area contributed by atoms with Gasteiger partial charge in [0, 0.05) is 5.75 Å². The summed E-state index contributed by atoms with van der Waals surface area (Å²) >= 11 is 1.61. The first-order chi connectivity index (χ1) is 5.33. The lowest BCUT2D eigenvalue weighted by atomic mass is 10.5. The third kappa shape index (κ3) is 2.95. The van der Waals surface area contributed by atoms with Crippen LogP contribution in [-0.2, 0) is 0 Å². The van der Waals surface area contributed by atoms with Crippen molar-refractivity contribution < 1.29 is 4.42 Å². The molecule has 1 heterocycles. The fourth-order valence-electron chi connectivity index (χ4n) is 0.641. The van der Waals surface area contributed by atoms with Gasteiger partial charge in [-0.2, -0.15) is 0 Å². The lowest BCUT2D eigenvalue weighted by molar-refractivity contribution is 0.454. The fourth-order valence-corrected chi connectivity index (χ4v) is 1.45. The number of hydrogen-bond donors (Lipinski definition) is 1. The van der Waals surface area contributed by atoms with E-state index in [-0.39, 0.29) is 0 Å². The average molecular weight is 172 g/mol. The highest BCUT2D eigenvalue weighted by atomic mass is 32.2. The van der Waals surface area contributed by atoms with Crippen molar-refractivity contribution in [2.75, 3.05) is 12.3 Å². The minimum absolute atomic E-state index is 0.729. The van der Waals surface area contributed by atoms with Gasteiger partial charge in [0.1, 0.15) is 6.26 Å². The smallest absolute Gasteiger partial charge is 0.255 e. The summed E-state index contributed by atoms with van der Waals surface area (Å²) in [6, 6.07) is 0. The molecule has 3 nitrogen and oxygen atoms in total. The standard InChI is InChI=1S/C7H12N2OS/c1-6-5-10-7(9-6)11-4-2-3-8/h5H,2-4,8H2,1H3. The van der Waals surface area contributed by atoms with E-state index in [2.05, 4.69) is 4.98 Å². The molecule has 0 saturated carbocycles. The molecule has 0 aliphatic carbocycles. The number of nitrogens with two attached hydrogens (primary N) is 1. The molecule has 0 bridgehead atoms. The monoisotopic (exact) mass is 172 g/mol. The van der Waals surface area contributed by atoms with Crippen LogP contribution < -0.4 is 5.73 Å². The normalized spacial score (nSPS) is 10.4. The van der Waals surface area contributed by atoms with E-state index >= 15 is 0 Å². The van der Waals surface area contributed by atoms with Crippen LogP contribution in [0.25, 0.3) is 0 Å². The van der Waals surface area contributed by atoms with Gasteiger partial charge in [-0.15, -0.1) is 0 Å². The Morgan fingerprint density at radius 2 is 2.55 bits per heavy atom. The zero-order valence-corrected chi connectivity index (χ0v) is 7.36. The molecule has 0 saturated heterocycles. The van der Waals surface area contributed by atoms with Crippen molar-refractivity contribution in [1.82, 2.24) is 4.98 Å². The predicted octanol–water partition coefficient (Wildman–Crippen LogP) is 1.42. The zero-order chi connectivity index (χ0) is 8.10. The second-order valence-electron chi connectivity index (χ2n) is 2.25. The van der Waals surface area contributed by atoms with E-state index in [1.54, 1.807) is 18.0 Å². The average Bonchev–Trinajstić information content (AvgIpc) is 2.37. The van der Waals surface area contributed by atoms with Crippen LogP contribution in [0, 0.1) is 6.92 Å². The van der Waals surface area contributed by atoms with Crippen molar-refractivity contribution in [3.8, 4) is 0 Å². The van der Waals surface area contributed by atoms with Gasteiger partial charge in [0.25, 0.3) is 5.22 Å². The van der Waals surface area contributed by atoms with Crippen LogP contribution in [0.2, 0.25) is 0 Å². The van der Waals surface area contributed by atoms with Gasteiger partial charge >= 0.3 is 0 Å². The molecule has 4 heteroatoms. The molecule has 0 spiro atoms. The summed E-state index contributed by atoms with van der Waals surface area (Å²) in [4.78, 5) is 4.14. The van der Waals surface area contributed by atoms with E-state index in [9.17, 15) is 0 Å². The zero-order valence-electron chi connectivity index (χ0n) is 6.54. The van der Waals surface area contributed by atoms with Gasteiger partial charge in [0.15, 0.2) is 0 Å². The first kappa shape index (κ1) is 8.62. The highest BCUT2D eigenvalue weighted by molar-refractivity contribution is 7.99. The Hall–Kier alpha value is -0.480. The number of aryl methyl sites for hydroxylation is 1. The molecule has 0 unspecified atom stereocenters. The number of hydrogen-bond acceptors (Lipinski definition) is 4. The second kappa shape index (κ2) is 4.41. The molecule has 0 aromatic carbocycles. The lowest BCUT2D eigenvalue weighted by Crippen LogP contribution is -1.99. The van der Waals surface area contributed by atoms with Crippen molar-refractivity contribution in [3.63, 3.8) is 0 Å². The van der Waals surface area contributed by atoms with Crippen molar-refractivity contribution in [2.24, 2.45) is 5.73 Å².